The van der Waals surface area contributed by atoms with Crippen LogP contribution in [0.5, 0.6) is 0 Å². The molecule has 0 amide bonds. The number of fused-ring (bicyclic) bond motifs is 2. The van der Waals surface area contributed by atoms with E-state index in [-0.39, 0.29) is 5.56 Å². The van der Waals surface area contributed by atoms with E-state index in [2.05, 4.69) is 27.6 Å². The molecule has 1 aliphatic carbocycles. The zero-order valence-electron chi connectivity index (χ0n) is 18.6. The van der Waals surface area contributed by atoms with Crippen LogP contribution < -0.4 is 10.9 Å². The first-order valence-electron chi connectivity index (χ1n) is 11.3. The van der Waals surface area contributed by atoms with Crippen LogP contribution in [0.3, 0.4) is 0 Å². The number of benzene rings is 2. The van der Waals surface area contributed by atoms with Crippen molar-refractivity contribution < 1.29 is 0 Å². The highest BCUT2D eigenvalue weighted by Gasteiger charge is 2.24. The summed E-state index contributed by atoms with van der Waals surface area (Å²) in [5, 5.41) is 13.3. The van der Waals surface area contributed by atoms with E-state index >= 15 is 0 Å². The molecular formula is C26H24N6O. The molecule has 2 aromatic carbocycles. The summed E-state index contributed by atoms with van der Waals surface area (Å²) in [6.45, 7) is 2.77. The van der Waals surface area contributed by atoms with Crippen molar-refractivity contribution in [1.29, 1.82) is 0 Å². The Kier molecular flexibility index (Phi) is 4.50. The van der Waals surface area contributed by atoms with Gasteiger partial charge in [-0.3, -0.25) is 9.48 Å². The van der Waals surface area contributed by atoms with Crippen molar-refractivity contribution in [3.8, 4) is 16.8 Å². The summed E-state index contributed by atoms with van der Waals surface area (Å²) < 4.78 is 3.25. The second-order valence-corrected chi connectivity index (χ2v) is 8.63. The van der Waals surface area contributed by atoms with Gasteiger partial charge in [-0.15, -0.1) is 0 Å². The van der Waals surface area contributed by atoms with Gasteiger partial charge in [0.15, 0.2) is 0 Å². The first kappa shape index (κ1) is 19.7. The molecule has 1 fully saturated rings. The maximum absolute atomic E-state index is 13.8. The van der Waals surface area contributed by atoms with E-state index in [9.17, 15) is 4.79 Å². The van der Waals surface area contributed by atoms with Crippen LogP contribution in [0.1, 0.15) is 31.2 Å². The van der Waals surface area contributed by atoms with Crippen LogP contribution >= 0.6 is 0 Å². The Morgan fingerprint density at radius 2 is 1.79 bits per heavy atom. The molecule has 3 heterocycles. The molecule has 0 bridgehead atoms. The van der Waals surface area contributed by atoms with Crippen LogP contribution in [-0.2, 0) is 7.05 Å². The van der Waals surface area contributed by atoms with Gasteiger partial charge in [0.1, 0.15) is 16.9 Å². The van der Waals surface area contributed by atoms with E-state index in [1.807, 2.05) is 62.6 Å². The quantitative estimate of drug-likeness (QED) is 0.434. The van der Waals surface area contributed by atoms with Crippen molar-refractivity contribution >= 4 is 27.8 Å². The summed E-state index contributed by atoms with van der Waals surface area (Å²) in [7, 11) is 1.89. The average Bonchev–Trinajstić information content (AvgIpc) is 3.60. The van der Waals surface area contributed by atoms with E-state index in [1.54, 1.807) is 4.68 Å². The first-order chi connectivity index (χ1) is 16.1. The maximum Gasteiger partial charge on any atom is 0.281 e. The van der Waals surface area contributed by atoms with Gasteiger partial charge < -0.3 is 5.32 Å². The van der Waals surface area contributed by atoms with Crippen LogP contribution in [0.25, 0.3) is 38.8 Å². The Hall–Kier alpha value is -4.00. The minimum absolute atomic E-state index is 0.189. The molecule has 0 atom stereocenters. The van der Waals surface area contributed by atoms with Gasteiger partial charge >= 0.3 is 0 Å². The van der Waals surface area contributed by atoms with Gasteiger partial charge in [-0.1, -0.05) is 24.3 Å². The Balaban J connectivity index is 1.59. The summed E-state index contributed by atoms with van der Waals surface area (Å²) in [6.07, 6.45) is 4.43. The normalized spacial score (nSPS) is 13.6. The largest absolute Gasteiger partial charge is 0.370 e. The molecule has 1 N–H and O–H groups in total. The van der Waals surface area contributed by atoms with Crippen LogP contribution in [-0.4, -0.2) is 31.1 Å². The predicted molar refractivity (Wildman–Crippen MR) is 131 cm³/mol. The lowest BCUT2D eigenvalue weighted by Gasteiger charge is -2.12. The molecule has 164 valence electrons. The monoisotopic (exact) mass is 436 g/mol. The SMILES string of the molecule is CCNc1ccc2nn(-c3ccc4nn(C)cc4c3)c(=O)c(-c3ccc(C4CC4)cc3)c2n1. The third-order valence-electron chi connectivity index (χ3n) is 6.18. The van der Waals surface area contributed by atoms with E-state index in [0.717, 1.165) is 28.8 Å². The molecule has 7 heteroatoms. The fourth-order valence-electron chi connectivity index (χ4n) is 4.40. The standard InChI is InChI=1S/C26H24N6O/c1-3-27-23-13-12-22-25(28-23)24(18-8-6-17(7-9-18)16-4-5-16)26(33)32(30-22)20-10-11-21-19(14-20)15-31(2)29-21/h6-16H,3-5H2,1-2H3,(H,27,28). The molecule has 0 aliphatic heterocycles. The molecule has 3 aromatic heterocycles. The second-order valence-electron chi connectivity index (χ2n) is 8.63. The first-order valence-corrected chi connectivity index (χ1v) is 11.3. The Bertz CT molecular complexity index is 1560. The van der Waals surface area contributed by atoms with Gasteiger partial charge in [-0.2, -0.15) is 14.9 Å². The third-order valence-corrected chi connectivity index (χ3v) is 6.18. The van der Waals surface area contributed by atoms with Crippen LogP contribution in [0.15, 0.2) is 65.6 Å². The lowest BCUT2D eigenvalue weighted by atomic mass is 10.0. The minimum atomic E-state index is -0.189. The molecule has 0 spiro atoms. The lowest BCUT2D eigenvalue weighted by molar-refractivity contribution is 0.780. The molecule has 33 heavy (non-hydrogen) atoms. The Morgan fingerprint density at radius 3 is 2.55 bits per heavy atom. The van der Waals surface area contributed by atoms with Gasteiger partial charge in [0.25, 0.3) is 5.56 Å². The number of aromatic nitrogens is 5. The Morgan fingerprint density at radius 1 is 1.00 bits per heavy atom. The summed E-state index contributed by atoms with van der Waals surface area (Å²) in [5.41, 5.74) is 5.42. The zero-order chi connectivity index (χ0) is 22.5. The van der Waals surface area contributed by atoms with E-state index < -0.39 is 0 Å². The highest BCUT2D eigenvalue weighted by atomic mass is 16.1. The van der Waals surface area contributed by atoms with Crippen molar-refractivity contribution in [3.05, 3.63) is 76.7 Å². The second kappa shape index (κ2) is 7.55. The minimum Gasteiger partial charge on any atom is -0.370 e. The molecule has 0 unspecified atom stereocenters. The van der Waals surface area contributed by atoms with Crippen molar-refractivity contribution in [1.82, 2.24) is 24.5 Å². The summed E-state index contributed by atoms with van der Waals surface area (Å²) in [6, 6.07) is 17.9. The summed E-state index contributed by atoms with van der Waals surface area (Å²) >= 11 is 0. The molecule has 1 aliphatic rings. The Labute approximate surface area is 190 Å². The van der Waals surface area contributed by atoms with Gasteiger partial charge in [0.05, 0.1) is 16.8 Å². The van der Waals surface area contributed by atoms with Crippen LogP contribution in [0, 0.1) is 0 Å². The lowest BCUT2D eigenvalue weighted by Crippen LogP contribution is -2.23. The van der Waals surface area contributed by atoms with Gasteiger partial charge in [0.2, 0.25) is 0 Å². The number of nitrogens with one attached hydrogen (secondary N) is 1. The highest BCUT2D eigenvalue weighted by Crippen LogP contribution is 2.40. The maximum atomic E-state index is 13.8. The molecule has 7 nitrogen and oxygen atoms in total. The smallest absolute Gasteiger partial charge is 0.281 e. The number of hydrogen-bond acceptors (Lipinski definition) is 5. The van der Waals surface area contributed by atoms with E-state index in [0.29, 0.717) is 28.2 Å². The third kappa shape index (κ3) is 3.46. The predicted octanol–water partition coefficient (Wildman–Crippen LogP) is 4.64. The number of hydrogen-bond donors (Lipinski definition) is 1. The number of anilines is 1. The molecule has 6 rings (SSSR count). The van der Waals surface area contributed by atoms with E-state index in [4.69, 9.17) is 4.98 Å². The van der Waals surface area contributed by atoms with Gasteiger partial charge in [0, 0.05) is 25.2 Å². The highest BCUT2D eigenvalue weighted by molar-refractivity contribution is 5.91. The molecule has 0 saturated heterocycles. The number of pyridine rings is 1. The van der Waals surface area contributed by atoms with Crippen molar-refractivity contribution in [2.45, 2.75) is 25.7 Å². The van der Waals surface area contributed by atoms with Gasteiger partial charge in [-0.25, -0.2) is 4.98 Å². The number of rotatable bonds is 5. The van der Waals surface area contributed by atoms with Crippen molar-refractivity contribution in [2.75, 3.05) is 11.9 Å². The molecule has 0 radical (unpaired) electrons. The zero-order valence-corrected chi connectivity index (χ0v) is 18.6. The van der Waals surface area contributed by atoms with Crippen LogP contribution in [0.2, 0.25) is 0 Å². The summed E-state index contributed by atoms with van der Waals surface area (Å²) in [4.78, 5) is 18.6. The molecule has 1 saturated carbocycles. The van der Waals surface area contributed by atoms with Crippen molar-refractivity contribution in [2.24, 2.45) is 7.05 Å². The number of nitrogens with zero attached hydrogens (tertiary/aromatic N) is 5. The van der Waals surface area contributed by atoms with E-state index in [1.165, 1.54) is 23.1 Å². The molecular weight excluding hydrogens is 412 g/mol. The fourth-order valence-corrected chi connectivity index (χ4v) is 4.40. The van der Waals surface area contributed by atoms with Gasteiger partial charge in [-0.05, 0) is 67.1 Å². The van der Waals surface area contributed by atoms with Crippen molar-refractivity contribution in [3.63, 3.8) is 0 Å². The summed E-state index contributed by atoms with van der Waals surface area (Å²) in [5.74, 6) is 1.39. The molecule has 5 aromatic rings. The topological polar surface area (TPSA) is 77.6 Å². The van der Waals surface area contributed by atoms with Crippen LogP contribution in [0.4, 0.5) is 5.82 Å². The fraction of sp³-hybridized carbons (Fsp3) is 0.231. The average molecular weight is 437 g/mol. The number of aryl methyl sites for hydroxylation is 1.